The number of benzene rings is 1. The third kappa shape index (κ3) is 5.97. The molecule has 0 atom stereocenters. The van der Waals surface area contributed by atoms with Gasteiger partial charge >= 0.3 is 24.3 Å². The second-order valence-electron chi connectivity index (χ2n) is 4.07. The maximum atomic E-state index is 12.5. The largest absolute Gasteiger partial charge is 0.493 e. The van der Waals surface area contributed by atoms with E-state index in [0.29, 0.717) is 12.2 Å². The Bertz CT molecular complexity index is 586. The number of para-hydroxylation sites is 2. The summed E-state index contributed by atoms with van der Waals surface area (Å²) in [5, 5.41) is 0. The molecule has 126 valence electrons. The monoisotopic (exact) mass is 336 g/mol. The average molecular weight is 336 g/mol. The molecule has 0 spiro atoms. The topological polar surface area (TPSA) is 61.8 Å². The highest BCUT2D eigenvalue weighted by Crippen LogP contribution is 2.26. The van der Waals surface area contributed by atoms with Crippen molar-refractivity contribution >= 4 is 11.9 Å². The minimum absolute atomic E-state index is 0.0715. The number of halogens is 4. The van der Waals surface area contributed by atoms with Gasteiger partial charge in [-0.1, -0.05) is 12.1 Å². The first kappa shape index (κ1) is 18.5. The Morgan fingerprint density at radius 3 is 2.26 bits per heavy atom. The van der Waals surface area contributed by atoms with Crippen LogP contribution < -0.4 is 9.47 Å². The molecular formula is C14H12F4O5. The van der Waals surface area contributed by atoms with Gasteiger partial charge in [-0.05, 0) is 12.1 Å². The summed E-state index contributed by atoms with van der Waals surface area (Å²) in [6.45, 7) is -1.80. The number of hydrogen-bond acceptors (Lipinski definition) is 5. The number of carbonyl (C=O) groups is 2. The Labute approximate surface area is 128 Å². The van der Waals surface area contributed by atoms with Crippen LogP contribution in [-0.2, 0) is 14.3 Å². The smallest absolute Gasteiger partial charge is 0.340 e. The number of rotatable bonds is 7. The molecule has 1 rings (SSSR count). The van der Waals surface area contributed by atoms with Crippen LogP contribution >= 0.6 is 0 Å². The molecule has 0 aliphatic rings. The Hall–Kier alpha value is -2.58. The fourth-order valence-electron chi connectivity index (χ4n) is 1.26. The molecule has 23 heavy (non-hydrogen) atoms. The third-order valence-electron chi connectivity index (χ3n) is 2.36. The molecule has 0 unspecified atom stereocenters. The first-order valence-electron chi connectivity index (χ1n) is 6.12. The Kier molecular flexibility index (Phi) is 6.55. The zero-order valence-electron chi connectivity index (χ0n) is 11.8. The highest BCUT2D eigenvalue weighted by atomic mass is 19.3. The van der Waals surface area contributed by atoms with Crippen molar-refractivity contribution in [3.63, 3.8) is 0 Å². The first-order valence-corrected chi connectivity index (χ1v) is 6.12. The van der Waals surface area contributed by atoms with Crippen LogP contribution in [0.5, 0.6) is 11.5 Å². The minimum atomic E-state index is -4.46. The van der Waals surface area contributed by atoms with E-state index in [1.807, 2.05) is 0 Å². The van der Waals surface area contributed by atoms with Crippen molar-refractivity contribution in [3.05, 3.63) is 36.4 Å². The number of esters is 2. The Morgan fingerprint density at radius 1 is 1.13 bits per heavy atom. The molecule has 0 aliphatic heterocycles. The van der Waals surface area contributed by atoms with Crippen LogP contribution in [0.2, 0.25) is 0 Å². The van der Waals surface area contributed by atoms with Crippen LogP contribution in [0.25, 0.3) is 0 Å². The van der Waals surface area contributed by atoms with Crippen molar-refractivity contribution in [2.24, 2.45) is 0 Å². The summed E-state index contributed by atoms with van der Waals surface area (Å²) >= 11 is 0. The summed E-state index contributed by atoms with van der Waals surface area (Å²) in [4.78, 5) is 22.5. The first-order chi connectivity index (χ1) is 10.8. The van der Waals surface area contributed by atoms with Gasteiger partial charge < -0.3 is 14.2 Å². The van der Waals surface area contributed by atoms with Gasteiger partial charge in [-0.2, -0.15) is 8.78 Å². The molecule has 0 heterocycles. The van der Waals surface area contributed by atoms with Crippen molar-refractivity contribution in [1.82, 2.24) is 0 Å². The van der Waals surface area contributed by atoms with E-state index in [2.05, 4.69) is 4.74 Å². The molecule has 1 aromatic carbocycles. The number of carbonyl (C=O) groups excluding carboxylic acids is 2. The molecule has 0 radical (unpaired) electrons. The number of methoxy groups -OCH3 is 1. The maximum absolute atomic E-state index is 12.5. The van der Waals surface area contributed by atoms with Gasteiger partial charge in [0.05, 0.1) is 7.11 Å². The van der Waals surface area contributed by atoms with E-state index in [1.165, 1.54) is 19.2 Å². The summed E-state index contributed by atoms with van der Waals surface area (Å²) in [6, 6.07) is 6.14. The summed E-state index contributed by atoms with van der Waals surface area (Å²) in [5.41, 5.74) is 0. The van der Waals surface area contributed by atoms with E-state index >= 15 is 0 Å². The molecule has 0 saturated heterocycles. The number of alkyl halides is 4. The van der Waals surface area contributed by atoms with Crippen molar-refractivity contribution in [3.8, 4) is 11.5 Å². The van der Waals surface area contributed by atoms with Crippen molar-refractivity contribution < 1.29 is 41.4 Å². The normalized spacial score (nSPS) is 11.6. The van der Waals surface area contributed by atoms with E-state index in [0.717, 1.165) is 0 Å². The molecule has 0 aromatic heterocycles. The summed E-state index contributed by atoms with van der Waals surface area (Å²) < 4.78 is 62.4. The maximum Gasteiger partial charge on any atom is 0.340 e. The van der Waals surface area contributed by atoms with E-state index in [4.69, 9.17) is 9.47 Å². The van der Waals surface area contributed by atoms with Crippen molar-refractivity contribution in [1.29, 1.82) is 0 Å². The number of ether oxygens (including phenoxy) is 3. The van der Waals surface area contributed by atoms with Crippen LogP contribution in [0.3, 0.4) is 0 Å². The van der Waals surface area contributed by atoms with Crippen molar-refractivity contribution in [2.75, 3.05) is 13.7 Å². The molecular weight excluding hydrogens is 324 g/mol. The van der Waals surface area contributed by atoms with Gasteiger partial charge in [0, 0.05) is 12.2 Å². The molecule has 0 N–H and O–H groups in total. The second kappa shape index (κ2) is 8.16. The molecule has 0 fully saturated rings. The highest BCUT2D eigenvalue weighted by molar-refractivity contribution is 5.92. The predicted molar refractivity (Wildman–Crippen MR) is 69.7 cm³/mol. The Balaban J connectivity index is 2.53. The van der Waals surface area contributed by atoms with Crippen LogP contribution in [0.1, 0.15) is 0 Å². The average Bonchev–Trinajstić information content (AvgIpc) is 2.51. The van der Waals surface area contributed by atoms with Gasteiger partial charge in [0.15, 0.2) is 18.1 Å². The van der Waals surface area contributed by atoms with Crippen LogP contribution in [0, 0.1) is 0 Å². The summed E-state index contributed by atoms with van der Waals surface area (Å²) in [5.74, 6) is -6.52. The van der Waals surface area contributed by atoms with E-state index in [-0.39, 0.29) is 11.5 Å². The lowest BCUT2D eigenvalue weighted by molar-refractivity contribution is -0.176. The van der Waals surface area contributed by atoms with Crippen molar-refractivity contribution in [2.45, 2.75) is 12.3 Å². The van der Waals surface area contributed by atoms with Crippen LogP contribution in [0.4, 0.5) is 17.6 Å². The van der Waals surface area contributed by atoms with E-state index in [9.17, 15) is 27.2 Å². The van der Waals surface area contributed by atoms with Crippen LogP contribution in [0.15, 0.2) is 36.4 Å². The summed E-state index contributed by atoms with van der Waals surface area (Å²) in [7, 11) is 1.35. The standard InChI is InChI=1S/C14H12F4O5/c1-21-9-4-2-3-5-10(9)23-12(20)7-6-11(19)22-8-14(17,18)13(15)16/h2-7,13H,8H2,1H3/b7-6+. The lowest BCUT2D eigenvalue weighted by Gasteiger charge is -2.13. The van der Waals surface area contributed by atoms with E-state index in [1.54, 1.807) is 12.1 Å². The van der Waals surface area contributed by atoms with Gasteiger partial charge in [-0.3, -0.25) is 0 Å². The quantitative estimate of drug-likeness (QED) is 0.331. The fraction of sp³-hybridized carbons (Fsp3) is 0.286. The third-order valence-corrected chi connectivity index (χ3v) is 2.36. The predicted octanol–water partition coefficient (Wildman–Crippen LogP) is 2.60. The highest BCUT2D eigenvalue weighted by Gasteiger charge is 2.42. The molecule has 0 amide bonds. The lowest BCUT2D eigenvalue weighted by atomic mass is 10.3. The summed E-state index contributed by atoms with van der Waals surface area (Å²) in [6.07, 6.45) is -2.87. The van der Waals surface area contributed by atoms with Gasteiger partial charge in [-0.15, -0.1) is 0 Å². The van der Waals surface area contributed by atoms with Gasteiger partial charge in [0.25, 0.3) is 0 Å². The minimum Gasteiger partial charge on any atom is -0.493 e. The molecule has 0 aliphatic carbocycles. The molecule has 5 nitrogen and oxygen atoms in total. The molecule has 0 bridgehead atoms. The zero-order valence-corrected chi connectivity index (χ0v) is 11.8. The second-order valence-corrected chi connectivity index (χ2v) is 4.07. The van der Waals surface area contributed by atoms with Gasteiger partial charge in [0.1, 0.15) is 0 Å². The Morgan fingerprint density at radius 2 is 1.70 bits per heavy atom. The lowest BCUT2D eigenvalue weighted by Crippen LogP contribution is -2.33. The SMILES string of the molecule is COc1ccccc1OC(=O)/C=C/C(=O)OCC(F)(F)C(F)F. The zero-order chi connectivity index (χ0) is 17.5. The van der Waals surface area contributed by atoms with E-state index < -0.39 is 30.9 Å². The fourth-order valence-corrected chi connectivity index (χ4v) is 1.26. The molecule has 9 heteroatoms. The van der Waals surface area contributed by atoms with Gasteiger partial charge in [0.2, 0.25) is 0 Å². The van der Waals surface area contributed by atoms with Crippen LogP contribution in [-0.4, -0.2) is 38.0 Å². The molecule has 0 saturated carbocycles. The number of hydrogen-bond donors (Lipinski definition) is 0. The van der Waals surface area contributed by atoms with Gasteiger partial charge in [-0.25, -0.2) is 18.4 Å². The molecule has 1 aromatic rings.